The first-order valence-electron chi connectivity index (χ1n) is 7.08. The maximum absolute atomic E-state index is 12.3. The van der Waals surface area contributed by atoms with Crippen LogP contribution in [0.2, 0.25) is 10.0 Å². The summed E-state index contributed by atoms with van der Waals surface area (Å²) < 4.78 is 0. The molecule has 0 unspecified atom stereocenters. The summed E-state index contributed by atoms with van der Waals surface area (Å²) in [6.07, 6.45) is 4.15. The summed E-state index contributed by atoms with van der Waals surface area (Å²) in [5, 5.41) is 3.89. The van der Waals surface area contributed by atoms with E-state index < -0.39 is 0 Å². The van der Waals surface area contributed by atoms with Gasteiger partial charge in [0, 0.05) is 28.8 Å². The van der Waals surface area contributed by atoms with Gasteiger partial charge in [-0.3, -0.25) is 0 Å². The molecule has 0 radical (unpaired) electrons. The Bertz CT molecular complexity index is 410. The summed E-state index contributed by atoms with van der Waals surface area (Å²) in [7, 11) is 0. The van der Waals surface area contributed by atoms with E-state index in [9.17, 15) is 4.79 Å². The number of carbonyl (C=O) groups excluding carboxylic acids is 1. The molecule has 1 aromatic carbocycles. The average molecular weight is 317 g/mol. The molecule has 0 aliphatic rings. The quantitative estimate of drug-likeness (QED) is 0.715. The van der Waals surface area contributed by atoms with Crippen LogP contribution in [-0.4, -0.2) is 24.0 Å². The van der Waals surface area contributed by atoms with Crippen molar-refractivity contribution in [1.82, 2.24) is 4.90 Å². The van der Waals surface area contributed by atoms with Gasteiger partial charge in [0.15, 0.2) is 0 Å². The summed E-state index contributed by atoms with van der Waals surface area (Å²) in [5.74, 6) is 0. The maximum atomic E-state index is 12.3. The monoisotopic (exact) mass is 316 g/mol. The standard InChI is InChI=1S/C15H22Cl2N2O/c1-3-5-7-19(8-6-4-2)15(20)18-14-10-12(16)9-13(17)11-14/h9-11H,3-8H2,1-2H3,(H,18,20). The Kier molecular flexibility index (Phi) is 7.78. The lowest BCUT2D eigenvalue weighted by Gasteiger charge is -2.23. The lowest BCUT2D eigenvalue weighted by Crippen LogP contribution is -2.36. The van der Waals surface area contributed by atoms with E-state index in [1.807, 2.05) is 4.90 Å². The van der Waals surface area contributed by atoms with Crippen LogP contribution in [0.15, 0.2) is 18.2 Å². The molecular weight excluding hydrogens is 295 g/mol. The van der Waals surface area contributed by atoms with Crippen LogP contribution < -0.4 is 5.32 Å². The Morgan fingerprint density at radius 3 is 2.00 bits per heavy atom. The van der Waals surface area contributed by atoms with Crippen molar-refractivity contribution in [3.05, 3.63) is 28.2 Å². The minimum atomic E-state index is -0.0924. The third-order valence-corrected chi connectivity index (χ3v) is 3.40. The van der Waals surface area contributed by atoms with Gasteiger partial charge in [0.25, 0.3) is 0 Å². The van der Waals surface area contributed by atoms with Crippen molar-refractivity contribution in [1.29, 1.82) is 0 Å². The number of anilines is 1. The van der Waals surface area contributed by atoms with Gasteiger partial charge in [0.05, 0.1) is 0 Å². The molecule has 0 heterocycles. The maximum Gasteiger partial charge on any atom is 0.321 e. The predicted molar refractivity (Wildman–Crippen MR) is 86.9 cm³/mol. The van der Waals surface area contributed by atoms with Crippen LogP contribution in [0.4, 0.5) is 10.5 Å². The van der Waals surface area contributed by atoms with Crippen molar-refractivity contribution in [3.8, 4) is 0 Å². The Balaban J connectivity index is 2.68. The van der Waals surface area contributed by atoms with E-state index in [0.29, 0.717) is 15.7 Å². The van der Waals surface area contributed by atoms with Crippen LogP contribution in [0.3, 0.4) is 0 Å². The molecule has 0 saturated carbocycles. The van der Waals surface area contributed by atoms with Gasteiger partial charge in [-0.05, 0) is 31.0 Å². The molecule has 2 amide bonds. The normalized spacial score (nSPS) is 10.4. The molecule has 1 N–H and O–H groups in total. The molecule has 0 saturated heterocycles. The van der Waals surface area contributed by atoms with Gasteiger partial charge in [-0.1, -0.05) is 49.9 Å². The molecule has 0 bridgehead atoms. The van der Waals surface area contributed by atoms with Gasteiger partial charge in [-0.15, -0.1) is 0 Å². The van der Waals surface area contributed by atoms with Crippen molar-refractivity contribution in [2.45, 2.75) is 39.5 Å². The Hall–Kier alpha value is -0.930. The van der Waals surface area contributed by atoms with Gasteiger partial charge in [0.1, 0.15) is 0 Å². The number of urea groups is 1. The molecule has 0 fully saturated rings. The minimum Gasteiger partial charge on any atom is -0.325 e. The molecule has 1 aromatic rings. The summed E-state index contributed by atoms with van der Waals surface area (Å²) >= 11 is 11.9. The first kappa shape index (κ1) is 17.1. The summed E-state index contributed by atoms with van der Waals surface area (Å²) in [6.45, 7) is 5.78. The van der Waals surface area contributed by atoms with Gasteiger partial charge in [-0.25, -0.2) is 4.79 Å². The summed E-state index contributed by atoms with van der Waals surface area (Å²) in [5.41, 5.74) is 0.630. The number of hydrogen-bond donors (Lipinski definition) is 1. The van der Waals surface area contributed by atoms with Crippen LogP contribution in [-0.2, 0) is 0 Å². The second-order valence-corrected chi connectivity index (χ2v) is 5.66. The van der Waals surface area contributed by atoms with Crippen molar-refractivity contribution < 1.29 is 4.79 Å². The van der Waals surface area contributed by atoms with Gasteiger partial charge < -0.3 is 10.2 Å². The highest BCUT2D eigenvalue weighted by Gasteiger charge is 2.13. The van der Waals surface area contributed by atoms with Crippen LogP contribution in [0, 0.1) is 0 Å². The number of nitrogens with zero attached hydrogens (tertiary/aromatic N) is 1. The zero-order valence-corrected chi connectivity index (χ0v) is 13.6. The van der Waals surface area contributed by atoms with E-state index in [-0.39, 0.29) is 6.03 Å². The fourth-order valence-corrected chi connectivity index (χ4v) is 2.37. The Morgan fingerprint density at radius 2 is 1.55 bits per heavy atom. The number of benzene rings is 1. The zero-order valence-electron chi connectivity index (χ0n) is 12.1. The van der Waals surface area contributed by atoms with E-state index in [1.165, 1.54) is 0 Å². The fourth-order valence-electron chi connectivity index (χ4n) is 1.84. The second kappa shape index (κ2) is 9.09. The van der Waals surface area contributed by atoms with Crippen LogP contribution >= 0.6 is 23.2 Å². The van der Waals surface area contributed by atoms with Gasteiger partial charge in [-0.2, -0.15) is 0 Å². The minimum absolute atomic E-state index is 0.0924. The average Bonchev–Trinajstić information content (AvgIpc) is 2.37. The van der Waals surface area contributed by atoms with Gasteiger partial charge >= 0.3 is 6.03 Å². The largest absolute Gasteiger partial charge is 0.325 e. The molecule has 0 spiro atoms. The van der Waals surface area contributed by atoms with Crippen molar-refractivity contribution >= 4 is 34.9 Å². The van der Waals surface area contributed by atoms with E-state index in [2.05, 4.69) is 19.2 Å². The summed E-state index contributed by atoms with van der Waals surface area (Å²) in [4.78, 5) is 14.1. The Labute approximate surface area is 131 Å². The van der Waals surface area contributed by atoms with Gasteiger partial charge in [0.2, 0.25) is 0 Å². The molecule has 0 aromatic heterocycles. The number of halogens is 2. The predicted octanol–water partition coefficient (Wildman–Crippen LogP) is 5.43. The van der Waals surface area contributed by atoms with Crippen molar-refractivity contribution in [2.75, 3.05) is 18.4 Å². The summed E-state index contributed by atoms with van der Waals surface area (Å²) in [6, 6.07) is 4.95. The number of carbonyl (C=O) groups is 1. The molecule has 112 valence electrons. The van der Waals surface area contributed by atoms with Crippen LogP contribution in [0.1, 0.15) is 39.5 Å². The lowest BCUT2D eigenvalue weighted by molar-refractivity contribution is 0.210. The third-order valence-electron chi connectivity index (χ3n) is 2.96. The number of unbranched alkanes of at least 4 members (excludes halogenated alkanes) is 2. The molecule has 3 nitrogen and oxygen atoms in total. The highest BCUT2D eigenvalue weighted by Crippen LogP contribution is 2.22. The first-order valence-corrected chi connectivity index (χ1v) is 7.84. The number of amides is 2. The van der Waals surface area contributed by atoms with Crippen molar-refractivity contribution in [3.63, 3.8) is 0 Å². The van der Waals surface area contributed by atoms with Crippen molar-refractivity contribution in [2.24, 2.45) is 0 Å². The molecule has 1 rings (SSSR count). The topological polar surface area (TPSA) is 32.3 Å². The van der Waals surface area contributed by atoms with E-state index in [0.717, 1.165) is 38.8 Å². The molecule has 0 aliphatic carbocycles. The molecule has 0 aliphatic heterocycles. The first-order chi connectivity index (χ1) is 9.56. The third kappa shape index (κ3) is 6.02. The van der Waals surface area contributed by atoms with E-state index in [4.69, 9.17) is 23.2 Å². The van der Waals surface area contributed by atoms with E-state index >= 15 is 0 Å². The fraction of sp³-hybridized carbons (Fsp3) is 0.533. The van der Waals surface area contributed by atoms with Crippen LogP contribution in [0.5, 0.6) is 0 Å². The molecule has 20 heavy (non-hydrogen) atoms. The zero-order chi connectivity index (χ0) is 15.0. The lowest BCUT2D eigenvalue weighted by atomic mass is 10.2. The Morgan fingerprint density at radius 1 is 1.05 bits per heavy atom. The number of rotatable bonds is 7. The number of nitrogens with one attached hydrogen (secondary N) is 1. The smallest absolute Gasteiger partial charge is 0.321 e. The molecular formula is C15H22Cl2N2O. The van der Waals surface area contributed by atoms with E-state index in [1.54, 1.807) is 18.2 Å². The van der Waals surface area contributed by atoms with Crippen LogP contribution in [0.25, 0.3) is 0 Å². The second-order valence-electron chi connectivity index (χ2n) is 4.78. The number of hydrogen-bond acceptors (Lipinski definition) is 1. The SMILES string of the molecule is CCCCN(CCCC)C(=O)Nc1cc(Cl)cc(Cl)c1. The molecule has 0 atom stereocenters. The highest BCUT2D eigenvalue weighted by molar-refractivity contribution is 6.35. The molecule has 5 heteroatoms. The highest BCUT2D eigenvalue weighted by atomic mass is 35.5.